The molecule has 1 aromatic heterocycles. The van der Waals surface area contributed by atoms with E-state index in [1.165, 1.54) is 0 Å². The molecule has 0 amide bonds. The van der Waals surface area contributed by atoms with E-state index in [1.54, 1.807) is 0 Å². The van der Waals surface area contributed by atoms with Crippen molar-refractivity contribution >= 4 is 11.0 Å². The van der Waals surface area contributed by atoms with Gasteiger partial charge in [0.15, 0.2) is 0 Å². The van der Waals surface area contributed by atoms with E-state index in [0.717, 1.165) is 29.7 Å². The van der Waals surface area contributed by atoms with Crippen molar-refractivity contribution in [1.29, 1.82) is 0 Å². The van der Waals surface area contributed by atoms with E-state index >= 15 is 0 Å². The summed E-state index contributed by atoms with van der Waals surface area (Å²) in [6, 6.07) is 8.13. The van der Waals surface area contributed by atoms with Crippen LogP contribution in [-0.4, -0.2) is 9.97 Å². The van der Waals surface area contributed by atoms with Gasteiger partial charge in [-0.2, -0.15) is 0 Å². The van der Waals surface area contributed by atoms with Gasteiger partial charge in [0.25, 0.3) is 0 Å². The average Bonchev–Trinajstić information content (AvgIpc) is 2.47. The maximum atomic E-state index is 4.45. The minimum Gasteiger partial charge on any atom is -0.342 e. The fourth-order valence-electron chi connectivity index (χ4n) is 1.36. The number of fused-ring (bicyclic) bond motifs is 1. The van der Waals surface area contributed by atoms with Gasteiger partial charge in [-0.1, -0.05) is 19.1 Å². The van der Waals surface area contributed by atoms with Gasteiger partial charge in [-0.15, -0.1) is 0 Å². The second kappa shape index (κ2) is 2.97. The first kappa shape index (κ1) is 7.35. The van der Waals surface area contributed by atoms with Crippen LogP contribution in [0.4, 0.5) is 0 Å². The summed E-state index contributed by atoms with van der Waals surface area (Å²) in [6.45, 7) is 2.16. The lowest BCUT2D eigenvalue weighted by atomic mass is 10.3. The molecule has 0 saturated heterocycles. The SMILES string of the molecule is CCCc1nc2ccccc2[nH]1.[HH]. The largest absolute Gasteiger partial charge is 0.342 e. The van der Waals surface area contributed by atoms with Crippen molar-refractivity contribution in [3.8, 4) is 0 Å². The molecule has 1 aromatic carbocycles. The molecule has 0 atom stereocenters. The van der Waals surface area contributed by atoms with Crippen molar-refractivity contribution in [1.82, 2.24) is 9.97 Å². The van der Waals surface area contributed by atoms with Gasteiger partial charge in [0.2, 0.25) is 0 Å². The van der Waals surface area contributed by atoms with Gasteiger partial charge in [0.05, 0.1) is 11.0 Å². The Kier molecular flexibility index (Phi) is 1.82. The van der Waals surface area contributed by atoms with Crippen LogP contribution >= 0.6 is 0 Å². The summed E-state index contributed by atoms with van der Waals surface area (Å²) in [5, 5.41) is 0. The standard InChI is InChI=1S/C10H12N2.H2/c1-2-5-10-11-8-6-3-4-7-9(8)12-10;/h3-4,6-7H,2,5H2,1H3,(H,11,12);1H. The van der Waals surface area contributed by atoms with E-state index in [0.29, 0.717) is 0 Å². The highest BCUT2D eigenvalue weighted by Crippen LogP contribution is 2.10. The van der Waals surface area contributed by atoms with Gasteiger partial charge in [0, 0.05) is 7.85 Å². The van der Waals surface area contributed by atoms with Gasteiger partial charge in [-0.25, -0.2) is 4.98 Å². The first-order valence-corrected chi connectivity index (χ1v) is 4.34. The lowest BCUT2D eigenvalue weighted by Gasteiger charge is -1.86. The zero-order chi connectivity index (χ0) is 8.39. The molecular formula is C10H14N2. The minimum atomic E-state index is 0. The number of H-pyrrole nitrogens is 1. The van der Waals surface area contributed by atoms with Crippen LogP contribution in [-0.2, 0) is 6.42 Å². The molecule has 0 unspecified atom stereocenters. The molecule has 0 saturated carbocycles. The van der Waals surface area contributed by atoms with Crippen LogP contribution in [0.5, 0.6) is 0 Å². The molecule has 2 rings (SSSR count). The monoisotopic (exact) mass is 162 g/mol. The number of nitrogens with one attached hydrogen (secondary N) is 1. The van der Waals surface area contributed by atoms with Crippen LogP contribution in [0, 0.1) is 0 Å². The summed E-state index contributed by atoms with van der Waals surface area (Å²) in [5.74, 6) is 1.10. The van der Waals surface area contributed by atoms with Crippen LogP contribution in [0.15, 0.2) is 24.3 Å². The fourth-order valence-corrected chi connectivity index (χ4v) is 1.36. The highest BCUT2D eigenvalue weighted by atomic mass is 14.9. The number of aromatic amines is 1. The number of rotatable bonds is 2. The molecule has 1 heterocycles. The Morgan fingerprint density at radius 3 is 3.00 bits per heavy atom. The Labute approximate surface area is 73.1 Å². The number of aryl methyl sites for hydroxylation is 1. The molecule has 64 valence electrons. The van der Waals surface area contributed by atoms with Crippen molar-refractivity contribution < 1.29 is 1.43 Å². The van der Waals surface area contributed by atoms with Crippen molar-refractivity contribution in [2.45, 2.75) is 19.8 Å². The van der Waals surface area contributed by atoms with Gasteiger partial charge >= 0.3 is 0 Å². The van der Waals surface area contributed by atoms with Crippen LogP contribution in [0.1, 0.15) is 20.6 Å². The van der Waals surface area contributed by atoms with E-state index < -0.39 is 0 Å². The molecule has 2 aromatic rings. The summed E-state index contributed by atoms with van der Waals surface area (Å²) in [6.07, 6.45) is 2.18. The molecule has 0 radical (unpaired) electrons. The van der Waals surface area contributed by atoms with Crippen LogP contribution in [0.25, 0.3) is 11.0 Å². The Hall–Kier alpha value is -1.31. The molecule has 0 bridgehead atoms. The summed E-state index contributed by atoms with van der Waals surface area (Å²) < 4.78 is 0. The lowest BCUT2D eigenvalue weighted by molar-refractivity contribution is 0.861. The Morgan fingerprint density at radius 1 is 1.42 bits per heavy atom. The molecule has 12 heavy (non-hydrogen) atoms. The third-order valence-electron chi connectivity index (χ3n) is 1.93. The Bertz CT molecular complexity index is 348. The summed E-state index contributed by atoms with van der Waals surface area (Å²) in [4.78, 5) is 7.73. The third-order valence-corrected chi connectivity index (χ3v) is 1.93. The van der Waals surface area contributed by atoms with E-state index in [-0.39, 0.29) is 1.43 Å². The molecule has 0 spiro atoms. The van der Waals surface area contributed by atoms with E-state index in [9.17, 15) is 0 Å². The number of hydrogen-bond donors (Lipinski definition) is 1. The summed E-state index contributed by atoms with van der Waals surface area (Å²) in [5.41, 5.74) is 2.21. The smallest absolute Gasteiger partial charge is 0.107 e. The first-order valence-electron chi connectivity index (χ1n) is 4.34. The zero-order valence-corrected chi connectivity index (χ0v) is 7.17. The number of imidazole rings is 1. The van der Waals surface area contributed by atoms with Gasteiger partial charge in [-0.05, 0) is 18.6 Å². The fraction of sp³-hybridized carbons (Fsp3) is 0.300. The third kappa shape index (κ3) is 1.20. The highest BCUT2D eigenvalue weighted by Gasteiger charge is 1.98. The number of benzene rings is 1. The molecule has 2 nitrogen and oxygen atoms in total. The molecule has 0 aliphatic rings. The van der Waals surface area contributed by atoms with E-state index in [4.69, 9.17) is 0 Å². The number of hydrogen-bond acceptors (Lipinski definition) is 1. The second-order valence-electron chi connectivity index (χ2n) is 2.95. The number of nitrogens with zero attached hydrogens (tertiary/aromatic N) is 1. The maximum absolute atomic E-state index is 4.45. The average molecular weight is 162 g/mol. The molecule has 0 fully saturated rings. The van der Waals surface area contributed by atoms with Crippen molar-refractivity contribution in [3.05, 3.63) is 30.1 Å². The summed E-state index contributed by atoms with van der Waals surface area (Å²) >= 11 is 0. The highest BCUT2D eigenvalue weighted by molar-refractivity contribution is 5.74. The van der Waals surface area contributed by atoms with Crippen molar-refractivity contribution in [2.24, 2.45) is 0 Å². The molecule has 0 aliphatic carbocycles. The van der Waals surface area contributed by atoms with Crippen LogP contribution in [0.2, 0.25) is 0 Å². The maximum Gasteiger partial charge on any atom is 0.107 e. The summed E-state index contributed by atoms with van der Waals surface area (Å²) in [7, 11) is 0. The van der Waals surface area contributed by atoms with Crippen LogP contribution < -0.4 is 0 Å². The Balaban J connectivity index is 0.000000845. The quantitative estimate of drug-likeness (QED) is 0.722. The molecule has 1 N–H and O–H groups in total. The lowest BCUT2D eigenvalue weighted by Crippen LogP contribution is -1.83. The molecular weight excluding hydrogens is 148 g/mol. The normalized spacial score (nSPS) is 10.8. The predicted octanol–water partition coefficient (Wildman–Crippen LogP) is 2.76. The number of aromatic nitrogens is 2. The predicted molar refractivity (Wildman–Crippen MR) is 52.2 cm³/mol. The van der Waals surface area contributed by atoms with Crippen molar-refractivity contribution in [3.63, 3.8) is 0 Å². The number of para-hydroxylation sites is 2. The van der Waals surface area contributed by atoms with Gasteiger partial charge in [-0.3, -0.25) is 0 Å². The molecule has 2 heteroatoms. The van der Waals surface area contributed by atoms with Gasteiger partial charge in [0.1, 0.15) is 5.82 Å². The minimum absolute atomic E-state index is 0. The van der Waals surface area contributed by atoms with Gasteiger partial charge < -0.3 is 4.98 Å². The van der Waals surface area contributed by atoms with Crippen LogP contribution in [0.3, 0.4) is 0 Å². The second-order valence-corrected chi connectivity index (χ2v) is 2.95. The Morgan fingerprint density at radius 2 is 2.25 bits per heavy atom. The van der Waals surface area contributed by atoms with E-state index in [2.05, 4.69) is 23.0 Å². The van der Waals surface area contributed by atoms with Crippen molar-refractivity contribution in [2.75, 3.05) is 0 Å². The van der Waals surface area contributed by atoms with E-state index in [1.807, 2.05) is 18.2 Å². The topological polar surface area (TPSA) is 28.7 Å². The molecule has 0 aliphatic heterocycles. The first-order chi connectivity index (χ1) is 5.90. The zero-order valence-electron chi connectivity index (χ0n) is 7.17.